The molecule has 114 valence electrons. The highest BCUT2D eigenvalue weighted by Crippen LogP contribution is 2.31. The molecule has 0 heterocycles. The molecule has 0 aromatic carbocycles. The van der Waals surface area contributed by atoms with E-state index in [1.165, 1.54) is 83.6 Å². The molecule has 1 aliphatic carbocycles. The van der Waals surface area contributed by atoms with Gasteiger partial charge in [0.15, 0.2) is 0 Å². The van der Waals surface area contributed by atoms with Crippen molar-refractivity contribution in [2.75, 3.05) is 6.54 Å². The summed E-state index contributed by atoms with van der Waals surface area (Å²) < 4.78 is 0. The van der Waals surface area contributed by atoms with Crippen LogP contribution in [0.2, 0.25) is 0 Å². The molecule has 0 amide bonds. The van der Waals surface area contributed by atoms with Crippen molar-refractivity contribution in [2.45, 2.75) is 104 Å². The van der Waals surface area contributed by atoms with Gasteiger partial charge in [-0.2, -0.15) is 0 Å². The first kappa shape index (κ1) is 17.0. The predicted molar refractivity (Wildman–Crippen MR) is 86.6 cm³/mol. The highest BCUT2D eigenvalue weighted by Gasteiger charge is 2.27. The molecule has 0 saturated heterocycles. The van der Waals surface area contributed by atoms with Crippen LogP contribution >= 0.6 is 0 Å². The Morgan fingerprint density at radius 3 is 2.05 bits per heavy atom. The molecule has 0 aromatic heterocycles. The van der Waals surface area contributed by atoms with Gasteiger partial charge in [0.1, 0.15) is 0 Å². The maximum atomic E-state index is 3.75. The molecular weight excluding hydrogens is 230 g/mol. The fraction of sp³-hybridized carbons (Fsp3) is 1.00. The lowest BCUT2D eigenvalue weighted by Crippen LogP contribution is -2.33. The van der Waals surface area contributed by atoms with Crippen LogP contribution in [0.25, 0.3) is 0 Å². The quantitative estimate of drug-likeness (QED) is 0.423. The van der Waals surface area contributed by atoms with E-state index in [0.29, 0.717) is 5.41 Å². The summed E-state index contributed by atoms with van der Waals surface area (Å²) in [6.45, 7) is 8.38. The largest absolute Gasteiger partial charge is 0.313 e. The summed E-state index contributed by atoms with van der Waals surface area (Å²) >= 11 is 0. The van der Waals surface area contributed by atoms with Gasteiger partial charge in [-0.3, -0.25) is 0 Å². The first-order chi connectivity index (χ1) is 9.20. The van der Waals surface area contributed by atoms with Gasteiger partial charge in [-0.05, 0) is 31.1 Å². The van der Waals surface area contributed by atoms with E-state index >= 15 is 0 Å². The van der Waals surface area contributed by atoms with Crippen molar-refractivity contribution in [3.8, 4) is 0 Å². The molecule has 19 heavy (non-hydrogen) atoms. The van der Waals surface area contributed by atoms with Crippen molar-refractivity contribution >= 4 is 0 Å². The van der Waals surface area contributed by atoms with Crippen LogP contribution in [-0.4, -0.2) is 12.6 Å². The Kier molecular flexibility index (Phi) is 8.77. The van der Waals surface area contributed by atoms with Crippen molar-refractivity contribution in [1.82, 2.24) is 5.32 Å². The molecule has 1 heteroatoms. The number of hydrogen-bond donors (Lipinski definition) is 1. The second-order valence-electron chi connectivity index (χ2n) is 7.09. The van der Waals surface area contributed by atoms with Crippen molar-refractivity contribution in [3.63, 3.8) is 0 Å². The summed E-state index contributed by atoms with van der Waals surface area (Å²) in [5.41, 5.74) is 0.556. The molecule has 0 spiro atoms. The highest BCUT2D eigenvalue weighted by molar-refractivity contribution is 4.85. The maximum Gasteiger partial charge on any atom is 0.00684 e. The van der Waals surface area contributed by atoms with Crippen LogP contribution in [0.3, 0.4) is 0 Å². The van der Waals surface area contributed by atoms with Crippen LogP contribution in [0.4, 0.5) is 0 Å². The average molecular weight is 268 g/mol. The second-order valence-corrected chi connectivity index (χ2v) is 7.09. The first-order valence-electron chi connectivity index (χ1n) is 8.93. The third-order valence-corrected chi connectivity index (χ3v) is 4.63. The van der Waals surface area contributed by atoms with Crippen LogP contribution in [0.5, 0.6) is 0 Å². The standard InChI is InChI=1S/C18H37N/c1-4-6-7-8-9-10-11-15-18(3,14-5-2)16-19-17-12-13-17/h17,19H,4-16H2,1-3H3. The van der Waals surface area contributed by atoms with Crippen molar-refractivity contribution in [3.05, 3.63) is 0 Å². The molecule has 1 N–H and O–H groups in total. The van der Waals surface area contributed by atoms with Gasteiger partial charge in [-0.15, -0.1) is 0 Å². The minimum absolute atomic E-state index is 0.556. The lowest BCUT2D eigenvalue weighted by atomic mass is 9.80. The Hall–Kier alpha value is -0.0400. The SMILES string of the molecule is CCCCCCCCCC(C)(CCC)CNC1CC1. The zero-order valence-electron chi connectivity index (χ0n) is 13.8. The topological polar surface area (TPSA) is 12.0 Å². The fourth-order valence-electron chi connectivity index (χ4n) is 3.09. The van der Waals surface area contributed by atoms with Gasteiger partial charge in [0.25, 0.3) is 0 Å². The number of hydrogen-bond acceptors (Lipinski definition) is 1. The molecule has 0 radical (unpaired) electrons. The lowest BCUT2D eigenvalue weighted by molar-refractivity contribution is 0.245. The predicted octanol–water partition coefficient (Wildman–Crippen LogP) is 5.69. The van der Waals surface area contributed by atoms with Gasteiger partial charge in [-0.25, -0.2) is 0 Å². The first-order valence-corrected chi connectivity index (χ1v) is 8.93. The van der Waals surface area contributed by atoms with Crippen LogP contribution in [0.15, 0.2) is 0 Å². The maximum absolute atomic E-state index is 3.75. The van der Waals surface area contributed by atoms with E-state index in [9.17, 15) is 0 Å². The zero-order valence-corrected chi connectivity index (χ0v) is 13.8. The fourth-order valence-corrected chi connectivity index (χ4v) is 3.09. The van der Waals surface area contributed by atoms with Gasteiger partial charge in [0, 0.05) is 12.6 Å². The smallest absolute Gasteiger partial charge is 0.00684 e. The second kappa shape index (κ2) is 9.80. The number of rotatable bonds is 13. The molecule has 1 fully saturated rings. The van der Waals surface area contributed by atoms with E-state index in [0.717, 1.165) is 6.04 Å². The minimum atomic E-state index is 0.556. The number of nitrogens with one attached hydrogen (secondary N) is 1. The Labute approximate surface area is 121 Å². The molecular formula is C18H37N. The van der Waals surface area contributed by atoms with E-state index in [-0.39, 0.29) is 0 Å². The Balaban J connectivity index is 2.06. The normalized spacial score (nSPS) is 18.5. The van der Waals surface area contributed by atoms with E-state index < -0.39 is 0 Å². The molecule has 0 aliphatic heterocycles. The molecule has 0 bridgehead atoms. The van der Waals surface area contributed by atoms with E-state index in [4.69, 9.17) is 0 Å². The summed E-state index contributed by atoms with van der Waals surface area (Å²) in [5.74, 6) is 0. The third kappa shape index (κ3) is 8.68. The van der Waals surface area contributed by atoms with E-state index in [2.05, 4.69) is 26.1 Å². The van der Waals surface area contributed by atoms with E-state index in [1.54, 1.807) is 0 Å². The number of unbranched alkanes of at least 4 members (excludes halogenated alkanes) is 6. The molecule has 1 saturated carbocycles. The monoisotopic (exact) mass is 267 g/mol. The summed E-state index contributed by atoms with van der Waals surface area (Å²) in [6, 6.07) is 0.866. The van der Waals surface area contributed by atoms with Gasteiger partial charge < -0.3 is 5.32 Å². The average Bonchev–Trinajstić information content (AvgIpc) is 3.20. The van der Waals surface area contributed by atoms with Gasteiger partial charge >= 0.3 is 0 Å². The Morgan fingerprint density at radius 2 is 1.47 bits per heavy atom. The van der Waals surface area contributed by atoms with Crippen LogP contribution in [0.1, 0.15) is 97.8 Å². The summed E-state index contributed by atoms with van der Waals surface area (Å²) in [4.78, 5) is 0. The minimum Gasteiger partial charge on any atom is -0.313 e. The van der Waals surface area contributed by atoms with Crippen molar-refractivity contribution in [2.24, 2.45) is 5.41 Å². The van der Waals surface area contributed by atoms with Crippen LogP contribution in [0, 0.1) is 5.41 Å². The van der Waals surface area contributed by atoms with Crippen LogP contribution in [-0.2, 0) is 0 Å². The van der Waals surface area contributed by atoms with Crippen LogP contribution < -0.4 is 5.32 Å². The van der Waals surface area contributed by atoms with Gasteiger partial charge in [0.05, 0.1) is 0 Å². The molecule has 1 rings (SSSR count). The van der Waals surface area contributed by atoms with Gasteiger partial charge in [-0.1, -0.05) is 72.1 Å². The van der Waals surface area contributed by atoms with Crippen molar-refractivity contribution in [1.29, 1.82) is 0 Å². The molecule has 0 aromatic rings. The van der Waals surface area contributed by atoms with E-state index in [1.807, 2.05) is 0 Å². The molecule has 1 aliphatic rings. The third-order valence-electron chi connectivity index (χ3n) is 4.63. The van der Waals surface area contributed by atoms with Gasteiger partial charge in [0.2, 0.25) is 0 Å². The summed E-state index contributed by atoms with van der Waals surface area (Å²) in [5, 5.41) is 3.75. The summed E-state index contributed by atoms with van der Waals surface area (Å²) in [6.07, 6.45) is 17.0. The molecule has 1 unspecified atom stereocenters. The summed E-state index contributed by atoms with van der Waals surface area (Å²) in [7, 11) is 0. The Morgan fingerprint density at radius 1 is 0.842 bits per heavy atom. The van der Waals surface area contributed by atoms with Crippen molar-refractivity contribution < 1.29 is 0 Å². The molecule has 1 nitrogen and oxygen atoms in total. The highest BCUT2D eigenvalue weighted by atomic mass is 15.0. The lowest BCUT2D eigenvalue weighted by Gasteiger charge is -2.30. The Bertz CT molecular complexity index is 210. The zero-order chi connectivity index (χ0) is 14.0. The molecule has 1 atom stereocenters.